The van der Waals surface area contributed by atoms with Crippen LogP contribution in [0.15, 0.2) is 102 Å². The Bertz CT molecular complexity index is 1770. The number of hydrogen-bond acceptors (Lipinski definition) is 6. The van der Waals surface area contributed by atoms with Gasteiger partial charge in [0.2, 0.25) is 11.8 Å². The lowest BCUT2D eigenvalue weighted by molar-refractivity contribution is -0.140. The molecule has 2 amide bonds. The molecule has 0 bridgehead atoms. The number of halogens is 1. The molecule has 1 N–H and O–H groups in total. The largest absolute Gasteiger partial charge is 0.493 e. The number of methoxy groups -OCH3 is 2. The van der Waals surface area contributed by atoms with Gasteiger partial charge >= 0.3 is 0 Å². The van der Waals surface area contributed by atoms with E-state index in [4.69, 9.17) is 21.1 Å². The van der Waals surface area contributed by atoms with Crippen LogP contribution in [-0.4, -0.2) is 58.5 Å². The molecule has 11 heteroatoms. The number of carbonyl (C=O) groups excluding carboxylic acids is 2. The Kier molecular flexibility index (Phi) is 12.3. The van der Waals surface area contributed by atoms with Crippen LogP contribution in [0.4, 0.5) is 5.69 Å². The first-order valence-electron chi connectivity index (χ1n) is 15.2. The second-order valence-corrected chi connectivity index (χ2v) is 13.2. The summed E-state index contributed by atoms with van der Waals surface area (Å²) in [5.41, 5.74) is 2.86. The molecule has 4 rings (SSSR count). The maximum atomic E-state index is 14.6. The molecule has 0 fully saturated rings. The fourth-order valence-corrected chi connectivity index (χ4v) is 6.69. The third-order valence-corrected chi connectivity index (χ3v) is 9.78. The molecule has 9 nitrogen and oxygen atoms in total. The zero-order chi connectivity index (χ0) is 34.0. The highest BCUT2D eigenvalue weighted by atomic mass is 35.5. The summed E-state index contributed by atoms with van der Waals surface area (Å²) in [5, 5.41) is 3.36. The van der Waals surface area contributed by atoms with Gasteiger partial charge in [0.1, 0.15) is 12.6 Å². The first-order chi connectivity index (χ1) is 22.6. The Labute approximate surface area is 282 Å². The first-order valence-corrected chi connectivity index (χ1v) is 17.1. The average molecular weight is 678 g/mol. The predicted octanol–water partition coefficient (Wildman–Crippen LogP) is 6.03. The van der Waals surface area contributed by atoms with Gasteiger partial charge in [0, 0.05) is 30.6 Å². The van der Waals surface area contributed by atoms with Gasteiger partial charge in [-0.05, 0) is 66.4 Å². The van der Waals surface area contributed by atoms with Crippen molar-refractivity contribution in [2.75, 3.05) is 31.6 Å². The summed E-state index contributed by atoms with van der Waals surface area (Å²) in [6, 6.07) is 26.5. The summed E-state index contributed by atoms with van der Waals surface area (Å²) >= 11 is 6.16. The molecule has 4 aromatic rings. The Hall–Kier alpha value is -4.54. The maximum absolute atomic E-state index is 14.6. The number of aryl methyl sites for hydroxylation is 1. The van der Waals surface area contributed by atoms with E-state index in [-0.39, 0.29) is 35.2 Å². The van der Waals surface area contributed by atoms with Gasteiger partial charge in [-0.2, -0.15) is 0 Å². The SMILES string of the molecule is CCCNC(=O)C(Cc1ccccc1)N(Cc1ccccc1C)C(=O)CN(c1ccc(Cl)cc1)S(=O)(=O)c1ccc(OC)c(OC)c1. The number of hydrogen-bond donors (Lipinski definition) is 1. The lowest BCUT2D eigenvalue weighted by Gasteiger charge is -2.34. The second kappa shape index (κ2) is 16.3. The van der Waals surface area contributed by atoms with Crippen molar-refractivity contribution in [3.05, 3.63) is 119 Å². The van der Waals surface area contributed by atoms with Crippen LogP contribution in [0.5, 0.6) is 11.5 Å². The molecule has 0 aliphatic carbocycles. The molecule has 4 aromatic carbocycles. The topological polar surface area (TPSA) is 105 Å². The smallest absolute Gasteiger partial charge is 0.264 e. The van der Waals surface area contributed by atoms with E-state index in [2.05, 4.69) is 5.32 Å². The minimum Gasteiger partial charge on any atom is -0.493 e. The molecule has 0 spiro atoms. The van der Waals surface area contributed by atoms with E-state index in [1.165, 1.54) is 49.5 Å². The molecule has 1 atom stereocenters. The summed E-state index contributed by atoms with van der Waals surface area (Å²) in [6.07, 6.45) is 0.945. The van der Waals surface area contributed by atoms with Gasteiger partial charge < -0.3 is 19.7 Å². The van der Waals surface area contributed by atoms with E-state index < -0.39 is 28.5 Å². The van der Waals surface area contributed by atoms with E-state index in [9.17, 15) is 18.0 Å². The summed E-state index contributed by atoms with van der Waals surface area (Å²) < 4.78 is 40.4. The number of nitrogens with one attached hydrogen (secondary N) is 1. The first kappa shape index (κ1) is 35.3. The molecule has 0 heterocycles. The number of amides is 2. The van der Waals surface area contributed by atoms with Crippen molar-refractivity contribution in [2.24, 2.45) is 0 Å². The minimum absolute atomic E-state index is 0.0907. The van der Waals surface area contributed by atoms with E-state index >= 15 is 0 Å². The van der Waals surface area contributed by atoms with Gasteiger partial charge in [0.15, 0.2) is 11.5 Å². The fourth-order valence-electron chi connectivity index (χ4n) is 5.13. The molecular weight excluding hydrogens is 638 g/mol. The third kappa shape index (κ3) is 8.84. The Balaban J connectivity index is 1.82. The molecule has 248 valence electrons. The molecule has 0 radical (unpaired) electrons. The van der Waals surface area contributed by atoms with E-state index in [0.717, 1.165) is 21.0 Å². The zero-order valence-corrected chi connectivity index (χ0v) is 28.6. The quantitative estimate of drug-likeness (QED) is 0.165. The van der Waals surface area contributed by atoms with Crippen LogP contribution in [0.25, 0.3) is 0 Å². The van der Waals surface area contributed by atoms with Crippen LogP contribution in [0.1, 0.15) is 30.0 Å². The van der Waals surface area contributed by atoms with Gasteiger partial charge in [0.25, 0.3) is 10.0 Å². The summed E-state index contributed by atoms with van der Waals surface area (Å²) in [7, 11) is -1.48. The number of sulfonamides is 1. The Morgan fingerprint density at radius 1 is 0.872 bits per heavy atom. The monoisotopic (exact) mass is 677 g/mol. The number of ether oxygens (including phenoxy) is 2. The molecule has 0 aromatic heterocycles. The Morgan fingerprint density at radius 2 is 1.53 bits per heavy atom. The maximum Gasteiger partial charge on any atom is 0.264 e. The second-order valence-electron chi connectivity index (χ2n) is 10.9. The van der Waals surface area contributed by atoms with Crippen LogP contribution in [0.3, 0.4) is 0 Å². The third-order valence-electron chi connectivity index (χ3n) is 7.76. The summed E-state index contributed by atoms with van der Waals surface area (Å²) in [6.45, 7) is 3.82. The van der Waals surface area contributed by atoms with Gasteiger partial charge in [-0.3, -0.25) is 13.9 Å². The lowest BCUT2D eigenvalue weighted by Crippen LogP contribution is -2.53. The average Bonchev–Trinajstić information content (AvgIpc) is 3.08. The molecule has 0 aliphatic rings. The number of nitrogens with zero attached hydrogens (tertiary/aromatic N) is 2. The van der Waals surface area contributed by atoms with Crippen LogP contribution in [0.2, 0.25) is 5.02 Å². The van der Waals surface area contributed by atoms with Crippen LogP contribution >= 0.6 is 11.6 Å². The van der Waals surface area contributed by atoms with Gasteiger partial charge in [-0.1, -0.05) is 73.1 Å². The van der Waals surface area contributed by atoms with Crippen molar-refractivity contribution in [1.82, 2.24) is 10.2 Å². The van der Waals surface area contributed by atoms with Crippen LogP contribution in [-0.2, 0) is 32.6 Å². The minimum atomic E-state index is -4.35. The molecule has 47 heavy (non-hydrogen) atoms. The molecule has 0 aliphatic heterocycles. The highest BCUT2D eigenvalue weighted by Crippen LogP contribution is 2.33. The highest BCUT2D eigenvalue weighted by Gasteiger charge is 2.35. The Morgan fingerprint density at radius 3 is 2.17 bits per heavy atom. The van der Waals surface area contributed by atoms with Gasteiger partial charge in [-0.15, -0.1) is 0 Å². The number of carbonyl (C=O) groups is 2. The predicted molar refractivity (Wildman–Crippen MR) is 184 cm³/mol. The van der Waals surface area contributed by atoms with Crippen molar-refractivity contribution in [3.63, 3.8) is 0 Å². The van der Waals surface area contributed by atoms with Gasteiger partial charge in [0.05, 0.1) is 24.8 Å². The van der Waals surface area contributed by atoms with Crippen molar-refractivity contribution in [3.8, 4) is 11.5 Å². The zero-order valence-electron chi connectivity index (χ0n) is 27.0. The van der Waals surface area contributed by atoms with Crippen LogP contribution in [0, 0.1) is 6.92 Å². The summed E-state index contributed by atoms with van der Waals surface area (Å²) in [4.78, 5) is 29.8. The van der Waals surface area contributed by atoms with Crippen molar-refractivity contribution < 1.29 is 27.5 Å². The molecular formula is C36H40ClN3O6S. The molecule has 0 saturated carbocycles. The number of rotatable bonds is 15. The number of benzene rings is 4. The van der Waals surface area contributed by atoms with Crippen molar-refractivity contribution >= 4 is 39.1 Å². The van der Waals surface area contributed by atoms with E-state index in [1.807, 2.05) is 68.4 Å². The van der Waals surface area contributed by atoms with E-state index in [0.29, 0.717) is 23.7 Å². The molecule has 0 saturated heterocycles. The standard InChI is InChI=1S/C36H40ClN3O6S/c1-5-21-38-36(42)32(22-27-12-7-6-8-13-27)39(24-28-14-10-9-11-26(28)2)35(41)25-40(30-17-15-29(37)16-18-30)47(43,44)31-19-20-33(45-3)34(23-31)46-4/h6-20,23,32H,5,21-22,24-25H2,1-4H3,(H,38,42). The van der Waals surface area contributed by atoms with Crippen LogP contribution < -0.4 is 19.1 Å². The normalized spacial score (nSPS) is 11.8. The molecule has 1 unspecified atom stereocenters. The fraction of sp³-hybridized carbons (Fsp3) is 0.278. The highest BCUT2D eigenvalue weighted by molar-refractivity contribution is 7.92. The lowest BCUT2D eigenvalue weighted by atomic mass is 10.0. The van der Waals surface area contributed by atoms with Gasteiger partial charge in [-0.25, -0.2) is 8.42 Å². The van der Waals surface area contributed by atoms with Crippen molar-refractivity contribution in [2.45, 2.75) is 44.2 Å². The number of anilines is 1. The van der Waals surface area contributed by atoms with Crippen molar-refractivity contribution in [1.29, 1.82) is 0 Å². The summed E-state index contributed by atoms with van der Waals surface area (Å²) in [5.74, 6) is -0.308. The van der Waals surface area contributed by atoms with E-state index in [1.54, 1.807) is 12.1 Å².